The van der Waals surface area contributed by atoms with E-state index < -0.39 is 20.0 Å². The van der Waals surface area contributed by atoms with Crippen molar-refractivity contribution < 1.29 is 21.6 Å². The van der Waals surface area contributed by atoms with E-state index in [0.717, 1.165) is 21.3 Å². The van der Waals surface area contributed by atoms with Gasteiger partial charge in [0.1, 0.15) is 0 Å². The van der Waals surface area contributed by atoms with Crippen molar-refractivity contribution in [2.45, 2.75) is 4.90 Å². The summed E-state index contributed by atoms with van der Waals surface area (Å²) in [5, 5.41) is 1.81. The molecule has 0 N–H and O–H groups in total. The number of nitrogens with zero attached hydrogens (tertiary/aromatic N) is 3. The normalized spacial score (nSPS) is 16.6. The van der Waals surface area contributed by atoms with Crippen LogP contribution in [0.4, 0.5) is 0 Å². The van der Waals surface area contributed by atoms with Gasteiger partial charge in [-0.1, -0.05) is 30.3 Å². The Morgan fingerprint density at radius 2 is 1.57 bits per heavy atom. The Labute approximate surface area is 165 Å². The van der Waals surface area contributed by atoms with Crippen LogP contribution in [0.2, 0.25) is 0 Å². The molecule has 1 aliphatic rings. The summed E-state index contributed by atoms with van der Waals surface area (Å²) in [6, 6.07) is 12.6. The molecule has 0 spiro atoms. The van der Waals surface area contributed by atoms with E-state index in [1.165, 1.54) is 16.3 Å². The predicted octanol–water partition coefficient (Wildman–Crippen LogP) is 0.564. The summed E-state index contributed by atoms with van der Waals surface area (Å²) in [6.07, 6.45) is 1.04. The fraction of sp³-hybridized carbons (Fsp3) is 0.389. The highest BCUT2D eigenvalue weighted by molar-refractivity contribution is 7.89. The van der Waals surface area contributed by atoms with Crippen molar-refractivity contribution in [3.63, 3.8) is 0 Å². The highest BCUT2D eigenvalue weighted by Crippen LogP contribution is 2.22. The fourth-order valence-corrected chi connectivity index (χ4v) is 4.87. The summed E-state index contributed by atoms with van der Waals surface area (Å²) in [5.41, 5.74) is 0. The molecule has 0 aliphatic carbocycles. The molecule has 152 valence electrons. The van der Waals surface area contributed by atoms with E-state index in [1.807, 2.05) is 24.3 Å². The number of carbonyl (C=O) groups excluding carboxylic acids is 1. The van der Waals surface area contributed by atoms with E-state index in [2.05, 4.69) is 0 Å². The molecule has 0 radical (unpaired) electrons. The van der Waals surface area contributed by atoms with Crippen molar-refractivity contribution >= 4 is 36.7 Å². The highest BCUT2D eigenvalue weighted by atomic mass is 32.2. The Morgan fingerprint density at radius 1 is 0.964 bits per heavy atom. The van der Waals surface area contributed by atoms with Crippen molar-refractivity contribution in [2.75, 3.05) is 46.0 Å². The number of piperazine rings is 1. The number of rotatable bonds is 5. The minimum atomic E-state index is -3.66. The van der Waals surface area contributed by atoms with Crippen molar-refractivity contribution in [2.24, 2.45) is 0 Å². The molecular formula is C18H23N3O5S2. The number of likely N-dealkylation sites (N-methyl/N-ethyl adjacent to an activating group) is 1. The van der Waals surface area contributed by atoms with Crippen molar-refractivity contribution in [3.8, 4) is 0 Å². The first-order valence-corrected chi connectivity index (χ1v) is 12.1. The Hall–Kier alpha value is -2.01. The van der Waals surface area contributed by atoms with E-state index in [-0.39, 0.29) is 43.5 Å². The Balaban J connectivity index is 1.68. The van der Waals surface area contributed by atoms with Gasteiger partial charge in [-0.05, 0) is 22.9 Å². The minimum Gasteiger partial charge on any atom is -0.339 e. The first-order chi connectivity index (χ1) is 13.1. The number of carbonyl (C=O) groups is 1. The molecule has 28 heavy (non-hydrogen) atoms. The topological polar surface area (TPSA) is 95.1 Å². The third-order valence-corrected chi connectivity index (χ3v) is 8.03. The maximum absolute atomic E-state index is 13.0. The van der Waals surface area contributed by atoms with Crippen molar-refractivity contribution in [3.05, 3.63) is 42.5 Å². The zero-order valence-electron chi connectivity index (χ0n) is 15.8. The zero-order valence-corrected chi connectivity index (χ0v) is 17.4. The lowest BCUT2D eigenvalue weighted by molar-refractivity contribution is -0.132. The van der Waals surface area contributed by atoms with Gasteiger partial charge in [0.15, 0.2) is 0 Å². The van der Waals surface area contributed by atoms with Crippen molar-refractivity contribution in [1.29, 1.82) is 0 Å². The summed E-state index contributed by atoms with van der Waals surface area (Å²) < 4.78 is 51.1. The molecule has 1 saturated heterocycles. The SMILES string of the molecule is CN(CC(=O)N1CCN(S(=O)(=O)c2ccc3ccccc3c2)CC1)S(C)(=O)=O. The number of sulfonamides is 2. The second-order valence-corrected chi connectivity index (χ2v) is 10.8. The molecule has 0 atom stereocenters. The molecule has 0 aromatic heterocycles. The number of amides is 1. The van der Waals surface area contributed by atoms with Gasteiger partial charge in [0.25, 0.3) is 0 Å². The first-order valence-electron chi connectivity index (χ1n) is 8.77. The zero-order chi connectivity index (χ0) is 20.5. The maximum atomic E-state index is 13.0. The predicted molar refractivity (Wildman–Crippen MR) is 107 cm³/mol. The second-order valence-electron chi connectivity index (χ2n) is 6.81. The van der Waals surface area contributed by atoms with Gasteiger partial charge in [-0.25, -0.2) is 16.8 Å². The van der Waals surface area contributed by atoms with Gasteiger partial charge in [-0.3, -0.25) is 4.79 Å². The van der Waals surface area contributed by atoms with Crippen LogP contribution in [0.3, 0.4) is 0 Å². The van der Waals surface area contributed by atoms with Gasteiger partial charge in [0.2, 0.25) is 26.0 Å². The molecule has 1 amide bonds. The third-order valence-electron chi connectivity index (χ3n) is 4.87. The summed E-state index contributed by atoms with van der Waals surface area (Å²) in [5.74, 6) is -0.337. The number of hydrogen-bond acceptors (Lipinski definition) is 5. The average Bonchev–Trinajstić information content (AvgIpc) is 2.66. The largest absolute Gasteiger partial charge is 0.339 e. The Kier molecular flexibility index (Phi) is 5.76. The van der Waals surface area contributed by atoms with E-state index in [9.17, 15) is 21.6 Å². The lowest BCUT2D eigenvalue weighted by atomic mass is 10.1. The number of benzene rings is 2. The molecule has 3 rings (SSSR count). The van der Waals surface area contributed by atoms with Crippen LogP contribution in [0.25, 0.3) is 10.8 Å². The van der Waals surface area contributed by atoms with E-state index in [0.29, 0.717) is 0 Å². The Bertz CT molecular complexity index is 1090. The van der Waals surface area contributed by atoms with Crippen LogP contribution in [0.1, 0.15) is 0 Å². The molecule has 0 unspecified atom stereocenters. The van der Waals surface area contributed by atoms with Gasteiger partial charge < -0.3 is 4.90 Å². The highest BCUT2D eigenvalue weighted by Gasteiger charge is 2.31. The summed E-state index contributed by atoms with van der Waals surface area (Å²) in [7, 11) is -5.76. The average molecular weight is 426 g/mol. The van der Waals surface area contributed by atoms with Gasteiger partial charge in [-0.15, -0.1) is 0 Å². The summed E-state index contributed by atoms with van der Waals surface area (Å²) in [6.45, 7) is 0.537. The summed E-state index contributed by atoms with van der Waals surface area (Å²) >= 11 is 0. The van der Waals surface area contributed by atoms with E-state index in [4.69, 9.17) is 0 Å². The minimum absolute atomic E-state index is 0.170. The van der Waals surface area contributed by atoms with Crippen LogP contribution in [0.15, 0.2) is 47.4 Å². The third kappa shape index (κ3) is 4.35. The lowest BCUT2D eigenvalue weighted by Gasteiger charge is -2.34. The smallest absolute Gasteiger partial charge is 0.243 e. The monoisotopic (exact) mass is 425 g/mol. The fourth-order valence-electron chi connectivity index (χ4n) is 3.06. The molecule has 2 aromatic carbocycles. The molecule has 0 saturated carbocycles. The maximum Gasteiger partial charge on any atom is 0.243 e. The van der Waals surface area contributed by atoms with E-state index >= 15 is 0 Å². The van der Waals surface area contributed by atoms with E-state index in [1.54, 1.807) is 18.2 Å². The molecule has 1 heterocycles. The Morgan fingerprint density at radius 3 is 2.18 bits per heavy atom. The van der Waals surface area contributed by atoms with Crippen LogP contribution in [-0.2, 0) is 24.8 Å². The molecule has 1 fully saturated rings. The van der Waals surface area contributed by atoms with Crippen LogP contribution in [-0.4, -0.2) is 82.3 Å². The summed E-state index contributed by atoms with van der Waals surface area (Å²) in [4.78, 5) is 14.0. The van der Waals surface area contributed by atoms with Gasteiger partial charge in [0.05, 0.1) is 17.7 Å². The second kappa shape index (κ2) is 7.78. The molecule has 10 heteroatoms. The van der Waals surface area contributed by atoms with Crippen LogP contribution in [0.5, 0.6) is 0 Å². The number of fused-ring (bicyclic) bond motifs is 1. The molecule has 1 aliphatic heterocycles. The standard InChI is InChI=1S/C18H23N3O5S2/c1-19(27(2,23)24)14-18(22)20-9-11-21(12-10-20)28(25,26)17-8-7-15-5-3-4-6-16(15)13-17/h3-8,13H,9-12,14H2,1-2H3. The molecular weight excluding hydrogens is 402 g/mol. The van der Waals surface area contributed by atoms with Crippen LogP contribution in [0, 0.1) is 0 Å². The van der Waals surface area contributed by atoms with Gasteiger partial charge in [0, 0.05) is 33.2 Å². The van der Waals surface area contributed by atoms with Crippen LogP contribution >= 0.6 is 0 Å². The number of hydrogen-bond donors (Lipinski definition) is 0. The van der Waals surface area contributed by atoms with Gasteiger partial charge in [-0.2, -0.15) is 8.61 Å². The van der Waals surface area contributed by atoms with Crippen LogP contribution < -0.4 is 0 Å². The van der Waals surface area contributed by atoms with Gasteiger partial charge >= 0.3 is 0 Å². The first kappa shape index (κ1) is 20.7. The molecule has 0 bridgehead atoms. The lowest BCUT2D eigenvalue weighted by Crippen LogP contribution is -2.52. The molecule has 2 aromatic rings. The quantitative estimate of drug-likeness (QED) is 0.698. The van der Waals surface area contributed by atoms with Crippen molar-refractivity contribution in [1.82, 2.24) is 13.5 Å². The molecule has 8 nitrogen and oxygen atoms in total.